The molecular formula is C16H24N2O. The first-order valence-corrected chi connectivity index (χ1v) is 7.15. The summed E-state index contributed by atoms with van der Waals surface area (Å²) in [6.07, 6.45) is 5.19. The fourth-order valence-corrected chi connectivity index (χ4v) is 2.96. The molecule has 19 heavy (non-hydrogen) atoms. The molecule has 1 saturated carbocycles. The van der Waals surface area contributed by atoms with Gasteiger partial charge in [-0.3, -0.25) is 4.79 Å². The number of hydrogen-bond acceptors (Lipinski definition) is 2. The Kier molecular flexibility index (Phi) is 4.46. The van der Waals surface area contributed by atoms with Gasteiger partial charge in [-0.1, -0.05) is 12.8 Å². The number of carbonyl (C=O) groups is 1. The van der Waals surface area contributed by atoms with Crippen molar-refractivity contribution < 1.29 is 4.79 Å². The van der Waals surface area contributed by atoms with Crippen LogP contribution < -0.4 is 5.32 Å². The van der Waals surface area contributed by atoms with Gasteiger partial charge in [-0.25, -0.2) is 0 Å². The quantitative estimate of drug-likeness (QED) is 0.901. The van der Waals surface area contributed by atoms with Gasteiger partial charge in [0.25, 0.3) is 5.91 Å². The molecule has 0 spiro atoms. The molecule has 104 valence electrons. The molecule has 1 aliphatic carbocycles. The van der Waals surface area contributed by atoms with Gasteiger partial charge in [0.05, 0.1) is 0 Å². The molecule has 3 heteroatoms. The summed E-state index contributed by atoms with van der Waals surface area (Å²) in [4.78, 5) is 14.3. The molecule has 0 heterocycles. The fourth-order valence-electron chi connectivity index (χ4n) is 2.96. The van der Waals surface area contributed by atoms with Crippen LogP contribution in [0.3, 0.4) is 0 Å². The predicted molar refractivity (Wildman–Crippen MR) is 79.6 cm³/mol. The van der Waals surface area contributed by atoms with Crippen LogP contribution in [0, 0.1) is 12.8 Å². The number of amides is 1. The second-order valence-electron chi connectivity index (χ2n) is 5.62. The van der Waals surface area contributed by atoms with Gasteiger partial charge in [-0.2, -0.15) is 0 Å². The molecular weight excluding hydrogens is 236 g/mol. The molecule has 0 saturated heterocycles. The fraction of sp³-hybridized carbons (Fsp3) is 0.562. The number of rotatable bonds is 4. The lowest BCUT2D eigenvalue weighted by Crippen LogP contribution is -2.31. The monoisotopic (exact) mass is 260 g/mol. The van der Waals surface area contributed by atoms with E-state index in [2.05, 4.69) is 5.32 Å². The van der Waals surface area contributed by atoms with Crippen molar-refractivity contribution in [2.24, 2.45) is 5.92 Å². The van der Waals surface area contributed by atoms with Crippen molar-refractivity contribution in [2.45, 2.75) is 32.6 Å². The predicted octanol–water partition coefficient (Wildman–Crippen LogP) is 3.30. The summed E-state index contributed by atoms with van der Waals surface area (Å²) in [5, 5.41) is 3.12. The summed E-state index contributed by atoms with van der Waals surface area (Å²) in [5.41, 5.74) is 2.98. The lowest BCUT2D eigenvalue weighted by molar-refractivity contribution is 0.0773. The average Bonchev–Trinajstić information content (AvgIpc) is 2.90. The van der Waals surface area contributed by atoms with Crippen LogP contribution in [0.4, 0.5) is 5.69 Å². The van der Waals surface area contributed by atoms with Crippen molar-refractivity contribution in [1.29, 1.82) is 0 Å². The van der Waals surface area contributed by atoms with E-state index in [9.17, 15) is 4.79 Å². The van der Waals surface area contributed by atoms with Crippen molar-refractivity contribution in [2.75, 3.05) is 26.0 Å². The molecule has 0 radical (unpaired) electrons. The molecule has 0 aliphatic heterocycles. The number of benzene rings is 1. The van der Waals surface area contributed by atoms with Crippen LogP contribution in [-0.2, 0) is 0 Å². The van der Waals surface area contributed by atoms with E-state index < -0.39 is 0 Å². The van der Waals surface area contributed by atoms with Crippen molar-refractivity contribution in [3.05, 3.63) is 29.3 Å². The van der Waals surface area contributed by atoms with Gasteiger partial charge in [0.15, 0.2) is 0 Å². The SMILES string of the molecule is CNc1ccc(C(=O)N(C)CC2CCCC2)cc1C. The Morgan fingerprint density at radius 3 is 2.63 bits per heavy atom. The summed E-state index contributed by atoms with van der Waals surface area (Å²) in [7, 11) is 3.82. The minimum atomic E-state index is 0.137. The zero-order valence-electron chi connectivity index (χ0n) is 12.2. The summed E-state index contributed by atoms with van der Waals surface area (Å²) in [6, 6.07) is 5.86. The average molecular weight is 260 g/mol. The molecule has 3 nitrogen and oxygen atoms in total. The van der Waals surface area contributed by atoms with Crippen LogP contribution in [0.1, 0.15) is 41.6 Å². The number of carbonyl (C=O) groups excluding carboxylic acids is 1. The largest absolute Gasteiger partial charge is 0.388 e. The molecule has 1 aromatic rings. The van der Waals surface area contributed by atoms with Crippen LogP contribution in [0.25, 0.3) is 0 Å². The van der Waals surface area contributed by atoms with E-state index >= 15 is 0 Å². The highest BCUT2D eigenvalue weighted by Crippen LogP contribution is 2.25. The van der Waals surface area contributed by atoms with Crippen molar-refractivity contribution in [1.82, 2.24) is 4.90 Å². The first-order chi connectivity index (χ1) is 9.11. The van der Waals surface area contributed by atoms with E-state index in [1.54, 1.807) is 0 Å². The molecule has 1 aliphatic rings. The Bertz CT molecular complexity index is 450. The number of anilines is 1. The van der Waals surface area contributed by atoms with Gasteiger partial charge >= 0.3 is 0 Å². The maximum absolute atomic E-state index is 12.4. The zero-order chi connectivity index (χ0) is 13.8. The summed E-state index contributed by atoms with van der Waals surface area (Å²) >= 11 is 0. The third-order valence-electron chi connectivity index (χ3n) is 4.10. The molecule has 1 N–H and O–H groups in total. The molecule has 0 aromatic heterocycles. The summed E-state index contributed by atoms with van der Waals surface area (Å²) in [6.45, 7) is 2.92. The third-order valence-corrected chi connectivity index (χ3v) is 4.10. The van der Waals surface area contributed by atoms with Gasteiger partial charge in [0.1, 0.15) is 0 Å². The molecule has 0 bridgehead atoms. The third kappa shape index (κ3) is 3.28. The molecule has 1 fully saturated rings. The standard InChI is InChI=1S/C16H24N2O/c1-12-10-14(8-9-15(12)17-2)16(19)18(3)11-13-6-4-5-7-13/h8-10,13,17H,4-7,11H2,1-3H3. The van der Waals surface area contributed by atoms with Gasteiger partial charge in [0.2, 0.25) is 0 Å². The second kappa shape index (κ2) is 6.09. The minimum absolute atomic E-state index is 0.137. The maximum Gasteiger partial charge on any atom is 0.253 e. The molecule has 0 atom stereocenters. The Labute approximate surface area is 116 Å². The van der Waals surface area contributed by atoms with Crippen LogP contribution in [-0.4, -0.2) is 31.4 Å². The van der Waals surface area contributed by atoms with Crippen LogP contribution in [0.15, 0.2) is 18.2 Å². The number of aryl methyl sites for hydroxylation is 1. The highest BCUT2D eigenvalue weighted by molar-refractivity contribution is 5.94. The molecule has 1 amide bonds. The van der Waals surface area contributed by atoms with E-state index in [0.717, 1.165) is 23.4 Å². The summed E-state index contributed by atoms with van der Waals surface area (Å²) in [5.74, 6) is 0.837. The Morgan fingerprint density at radius 2 is 2.05 bits per heavy atom. The smallest absolute Gasteiger partial charge is 0.253 e. The second-order valence-corrected chi connectivity index (χ2v) is 5.62. The first-order valence-electron chi connectivity index (χ1n) is 7.15. The Morgan fingerprint density at radius 1 is 1.37 bits per heavy atom. The Balaban J connectivity index is 2.03. The number of nitrogens with one attached hydrogen (secondary N) is 1. The van der Waals surface area contributed by atoms with E-state index in [4.69, 9.17) is 0 Å². The van der Waals surface area contributed by atoms with Crippen molar-refractivity contribution in [3.63, 3.8) is 0 Å². The highest BCUT2D eigenvalue weighted by Gasteiger charge is 2.20. The van der Waals surface area contributed by atoms with Crippen LogP contribution in [0.5, 0.6) is 0 Å². The van der Waals surface area contributed by atoms with Gasteiger partial charge < -0.3 is 10.2 Å². The maximum atomic E-state index is 12.4. The minimum Gasteiger partial charge on any atom is -0.388 e. The van der Waals surface area contributed by atoms with Crippen LogP contribution in [0.2, 0.25) is 0 Å². The molecule has 1 aromatic carbocycles. The van der Waals surface area contributed by atoms with Gasteiger partial charge in [0, 0.05) is 31.9 Å². The number of nitrogens with zero attached hydrogens (tertiary/aromatic N) is 1. The molecule has 0 unspecified atom stereocenters. The normalized spacial score (nSPS) is 15.5. The van der Waals surface area contributed by atoms with E-state index in [1.165, 1.54) is 25.7 Å². The van der Waals surface area contributed by atoms with Gasteiger partial charge in [-0.15, -0.1) is 0 Å². The Hall–Kier alpha value is -1.51. The number of hydrogen-bond donors (Lipinski definition) is 1. The highest BCUT2D eigenvalue weighted by atomic mass is 16.2. The van der Waals surface area contributed by atoms with Crippen molar-refractivity contribution in [3.8, 4) is 0 Å². The van der Waals surface area contributed by atoms with E-state index in [0.29, 0.717) is 5.92 Å². The lowest BCUT2D eigenvalue weighted by atomic mass is 10.1. The van der Waals surface area contributed by atoms with Crippen molar-refractivity contribution >= 4 is 11.6 Å². The first kappa shape index (κ1) is 13.9. The van der Waals surface area contributed by atoms with E-state index in [1.807, 2.05) is 44.1 Å². The summed E-state index contributed by atoms with van der Waals surface area (Å²) < 4.78 is 0. The lowest BCUT2D eigenvalue weighted by Gasteiger charge is -2.21. The van der Waals surface area contributed by atoms with Crippen LogP contribution >= 0.6 is 0 Å². The topological polar surface area (TPSA) is 32.3 Å². The zero-order valence-corrected chi connectivity index (χ0v) is 12.2. The van der Waals surface area contributed by atoms with Gasteiger partial charge in [-0.05, 0) is 49.4 Å². The molecule has 2 rings (SSSR count). The van der Waals surface area contributed by atoms with E-state index in [-0.39, 0.29) is 5.91 Å².